The van der Waals surface area contributed by atoms with Crippen LogP contribution in [0.3, 0.4) is 0 Å². The molecule has 0 bridgehead atoms. The molecule has 0 fully saturated rings. The van der Waals surface area contributed by atoms with Crippen LogP contribution in [0.2, 0.25) is 0 Å². The number of nitrogens with two attached hydrogens (primary N) is 1. The molecule has 0 heterocycles. The standard InChI is InChI=1S/C9H19NO/c1-5-6-7-8(11-10)9(2,3)4/h7H,5-6,10H2,1-4H3/b8-7-. The van der Waals surface area contributed by atoms with Crippen molar-refractivity contribution in [3.63, 3.8) is 0 Å². The molecule has 0 aliphatic rings. The van der Waals surface area contributed by atoms with Gasteiger partial charge in [-0.2, -0.15) is 5.90 Å². The van der Waals surface area contributed by atoms with Gasteiger partial charge in [0.2, 0.25) is 0 Å². The Bertz CT molecular complexity index is 133. The summed E-state index contributed by atoms with van der Waals surface area (Å²) in [5.41, 5.74) is 0.0317. The van der Waals surface area contributed by atoms with Crippen LogP contribution in [0, 0.1) is 5.41 Å². The molecular weight excluding hydrogens is 138 g/mol. The van der Waals surface area contributed by atoms with E-state index in [2.05, 4.69) is 33.8 Å². The van der Waals surface area contributed by atoms with Crippen molar-refractivity contribution in [2.75, 3.05) is 0 Å². The highest BCUT2D eigenvalue weighted by atomic mass is 16.6. The first-order valence-electron chi connectivity index (χ1n) is 4.09. The molecule has 0 saturated carbocycles. The zero-order valence-electron chi connectivity index (χ0n) is 7.98. The lowest BCUT2D eigenvalue weighted by atomic mass is 9.93. The summed E-state index contributed by atoms with van der Waals surface area (Å²) in [7, 11) is 0. The van der Waals surface area contributed by atoms with Gasteiger partial charge in [-0.15, -0.1) is 0 Å². The smallest absolute Gasteiger partial charge is 0.125 e. The summed E-state index contributed by atoms with van der Waals surface area (Å²) in [6.07, 6.45) is 4.22. The first-order valence-corrected chi connectivity index (χ1v) is 4.09. The number of hydrogen-bond acceptors (Lipinski definition) is 2. The first kappa shape index (κ1) is 10.5. The van der Waals surface area contributed by atoms with Gasteiger partial charge in [-0.3, -0.25) is 0 Å². The van der Waals surface area contributed by atoms with Crippen LogP contribution in [0.1, 0.15) is 40.5 Å². The molecule has 0 rings (SSSR count). The molecule has 0 aromatic heterocycles. The van der Waals surface area contributed by atoms with Gasteiger partial charge in [-0.25, -0.2) is 0 Å². The lowest BCUT2D eigenvalue weighted by Gasteiger charge is -2.20. The second-order valence-corrected chi connectivity index (χ2v) is 3.72. The third-order valence-corrected chi connectivity index (χ3v) is 1.48. The van der Waals surface area contributed by atoms with Crippen molar-refractivity contribution in [1.29, 1.82) is 0 Å². The Kier molecular flexibility index (Phi) is 4.19. The van der Waals surface area contributed by atoms with E-state index in [1.165, 1.54) is 0 Å². The summed E-state index contributed by atoms with van der Waals surface area (Å²) in [5, 5.41) is 0. The summed E-state index contributed by atoms with van der Waals surface area (Å²) in [4.78, 5) is 4.78. The molecule has 2 heteroatoms. The fourth-order valence-electron chi connectivity index (χ4n) is 0.807. The summed E-state index contributed by atoms with van der Waals surface area (Å²) < 4.78 is 0. The van der Waals surface area contributed by atoms with Crippen molar-refractivity contribution < 1.29 is 4.84 Å². The molecule has 0 aliphatic heterocycles. The third-order valence-electron chi connectivity index (χ3n) is 1.48. The SMILES string of the molecule is CCC/C=C(\ON)C(C)(C)C. The zero-order valence-corrected chi connectivity index (χ0v) is 7.98. The van der Waals surface area contributed by atoms with Crippen LogP contribution in [0.4, 0.5) is 0 Å². The Balaban J connectivity index is 4.16. The van der Waals surface area contributed by atoms with E-state index < -0.39 is 0 Å². The van der Waals surface area contributed by atoms with Crippen LogP contribution in [-0.2, 0) is 4.84 Å². The van der Waals surface area contributed by atoms with E-state index in [-0.39, 0.29) is 5.41 Å². The summed E-state index contributed by atoms with van der Waals surface area (Å²) in [5.74, 6) is 6.01. The van der Waals surface area contributed by atoms with Crippen LogP contribution in [0.5, 0.6) is 0 Å². The Labute approximate surface area is 69.4 Å². The van der Waals surface area contributed by atoms with Crippen LogP contribution in [-0.4, -0.2) is 0 Å². The molecule has 0 atom stereocenters. The lowest BCUT2D eigenvalue weighted by Crippen LogP contribution is -2.15. The summed E-state index contributed by atoms with van der Waals surface area (Å²) >= 11 is 0. The quantitative estimate of drug-likeness (QED) is 0.505. The lowest BCUT2D eigenvalue weighted by molar-refractivity contribution is 0.154. The molecular formula is C9H19NO. The third kappa shape index (κ3) is 4.04. The maximum Gasteiger partial charge on any atom is 0.125 e. The van der Waals surface area contributed by atoms with Gasteiger partial charge < -0.3 is 4.84 Å². The second kappa shape index (κ2) is 4.39. The molecule has 2 N–H and O–H groups in total. The molecule has 0 spiro atoms. The molecule has 0 amide bonds. The van der Waals surface area contributed by atoms with E-state index in [0.29, 0.717) is 0 Å². The number of unbranched alkanes of at least 4 members (excludes halogenated alkanes) is 1. The fourth-order valence-corrected chi connectivity index (χ4v) is 0.807. The van der Waals surface area contributed by atoms with Crippen LogP contribution in [0.15, 0.2) is 11.8 Å². The van der Waals surface area contributed by atoms with Gasteiger partial charge in [0, 0.05) is 5.41 Å². The Morgan fingerprint density at radius 2 is 2.00 bits per heavy atom. The number of rotatable bonds is 3. The van der Waals surface area contributed by atoms with Crippen LogP contribution < -0.4 is 5.90 Å². The second-order valence-electron chi connectivity index (χ2n) is 3.72. The van der Waals surface area contributed by atoms with Gasteiger partial charge in [0.1, 0.15) is 5.76 Å². The highest BCUT2D eigenvalue weighted by molar-refractivity contribution is 5.02. The average molecular weight is 157 g/mol. The molecule has 2 nitrogen and oxygen atoms in total. The van der Waals surface area contributed by atoms with E-state index in [9.17, 15) is 0 Å². The Hall–Kier alpha value is -0.500. The first-order chi connectivity index (χ1) is 5.02. The Morgan fingerprint density at radius 1 is 1.45 bits per heavy atom. The van der Waals surface area contributed by atoms with Gasteiger partial charge in [-0.1, -0.05) is 34.1 Å². The summed E-state index contributed by atoms with van der Waals surface area (Å²) in [6.45, 7) is 8.39. The fraction of sp³-hybridized carbons (Fsp3) is 0.778. The zero-order chi connectivity index (χ0) is 8.91. The van der Waals surface area contributed by atoms with Gasteiger partial charge in [0.25, 0.3) is 0 Å². The van der Waals surface area contributed by atoms with Crippen molar-refractivity contribution >= 4 is 0 Å². The number of allylic oxidation sites excluding steroid dienone is 2. The van der Waals surface area contributed by atoms with Crippen LogP contribution >= 0.6 is 0 Å². The molecule has 0 aliphatic carbocycles. The highest BCUT2D eigenvalue weighted by Crippen LogP contribution is 2.25. The van der Waals surface area contributed by atoms with Crippen molar-refractivity contribution in [2.24, 2.45) is 11.3 Å². The number of hydrogen-bond donors (Lipinski definition) is 1. The summed E-state index contributed by atoms with van der Waals surface area (Å²) in [6, 6.07) is 0. The van der Waals surface area contributed by atoms with Gasteiger partial charge in [0.15, 0.2) is 0 Å². The molecule has 66 valence electrons. The average Bonchev–Trinajstić information content (AvgIpc) is 1.87. The van der Waals surface area contributed by atoms with Gasteiger partial charge in [-0.05, 0) is 12.5 Å². The van der Waals surface area contributed by atoms with E-state index in [1.807, 2.05) is 0 Å². The maximum atomic E-state index is 5.13. The molecule has 0 aromatic carbocycles. The topological polar surface area (TPSA) is 35.2 Å². The van der Waals surface area contributed by atoms with Crippen molar-refractivity contribution in [1.82, 2.24) is 0 Å². The molecule has 0 radical (unpaired) electrons. The van der Waals surface area contributed by atoms with E-state index >= 15 is 0 Å². The van der Waals surface area contributed by atoms with Crippen molar-refractivity contribution in [2.45, 2.75) is 40.5 Å². The molecule has 0 aromatic rings. The maximum absolute atomic E-state index is 5.13. The molecule has 0 saturated heterocycles. The van der Waals surface area contributed by atoms with E-state index in [4.69, 9.17) is 10.7 Å². The van der Waals surface area contributed by atoms with Crippen LogP contribution in [0.25, 0.3) is 0 Å². The van der Waals surface area contributed by atoms with Crippen molar-refractivity contribution in [3.8, 4) is 0 Å². The predicted molar refractivity (Wildman–Crippen MR) is 47.7 cm³/mol. The molecule has 0 unspecified atom stereocenters. The highest BCUT2D eigenvalue weighted by Gasteiger charge is 2.17. The normalized spacial score (nSPS) is 13.4. The van der Waals surface area contributed by atoms with Gasteiger partial charge in [0.05, 0.1) is 0 Å². The minimum Gasteiger partial charge on any atom is -0.416 e. The van der Waals surface area contributed by atoms with Gasteiger partial charge >= 0.3 is 0 Å². The largest absolute Gasteiger partial charge is 0.416 e. The van der Waals surface area contributed by atoms with Crippen molar-refractivity contribution in [3.05, 3.63) is 11.8 Å². The van der Waals surface area contributed by atoms with E-state index in [0.717, 1.165) is 18.6 Å². The minimum atomic E-state index is 0.0317. The minimum absolute atomic E-state index is 0.0317. The monoisotopic (exact) mass is 157 g/mol. The Morgan fingerprint density at radius 3 is 2.27 bits per heavy atom. The predicted octanol–water partition coefficient (Wildman–Crippen LogP) is 2.61. The molecule has 11 heavy (non-hydrogen) atoms. The van der Waals surface area contributed by atoms with E-state index in [1.54, 1.807) is 0 Å².